The summed E-state index contributed by atoms with van der Waals surface area (Å²) in [4.78, 5) is 29.9. The topological polar surface area (TPSA) is 109 Å². The number of hydrogen-bond acceptors (Lipinski definition) is 5. The number of halogens is 3. The maximum Gasteiger partial charge on any atom is 0.326 e. The molecule has 3 rings (SSSR count). The molecule has 10 heteroatoms. The molecule has 0 saturated heterocycles. The number of anilines is 1. The molecule has 7 nitrogen and oxygen atoms in total. The van der Waals surface area contributed by atoms with E-state index in [4.69, 9.17) is 50.5 Å². The maximum absolute atomic E-state index is 13.0. The highest BCUT2D eigenvalue weighted by molar-refractivity contribution is 6.41. The van der Waals surface area contributed by atoms with Crippen LogP contribution in [0.2, 0.25) is 15.1 Å². The van der Waals surface area contributed by atoms with Crippen LogP contribution in [-0.4, -0.2) is 16.9 Å². The normalized spacial score (nSPS) is 10.3. The van der Waals surface area contributed by atoms with E-state index in [0.717, 1.165) is 4.90 Å². The Morgan fingerprint density at radius 3 is 2.32 bits per heavy atom. The lowest BCUT2D eigenvalue weighted by atomic mass is 10.1. The van der Waals surface area contributed by atoms with Gasteiger partial charge in [0.15, 0.2) is 0 Å². The summed E-state index contributed by atoms with van der Waals surface area (Å²) in [6.07, 6.45) is 1.33. The number of carbonyl (C=O) groups is 2. The Kier molecular flexibility index (Phi) is 6.66. The van der Waals surface area contributed by atoms with Crippen molar-refractivity contribution >= 4 is 52.4 Å². The van der Waals surface area contributed by atoms with Gasteiger partial charge in [0.05, 0.1) is 26.9 Å². The van der Waals surface area contributed by atoms with E-state index in [1.807, 2.05) is 6.07 Å². The van der Waals surface area contributed by atoms with E-state index >= 15 is 0 Å². The molecule has 3 amide bonds. The Labute approximate surface area is 192 Å². The standard InChI is InChI=1S/C21H13Cl3N4O3/c1-11-7-13(5-6-17(11)31-19-16(24)8-12(9-25)10-27-19)28(21(26)30)20(29)18-14(22)3-2-4-15(18)23/h2-8,10H,1H3,(H2,26,30). The number of ether oxygens (including phenoxy) is 1. The maximum atomic E-state index is 13.0. The first-order valence-electron chi connectivity index (χ1n) is 8.65. The van der Waals surface area contributed by atoms with Crippen molar-refractivity contribution in [1.29, 1.82) is 5.26 Å². The van der Waals surface area contributed by atoms with Crippen molar-refractivity contribution in [2.24, 2.45) is 5.73 Å². The van der Waals surface area contributed by atoms with Crippen molar-refractivity contribution in [3.8, 4) is 17.7 Å². The zero-order chi connectivity index (χ0) is 22.7. The molecule has 0 radical (unpaired) electrons. The van der Waals surface area contributed by atoms with Gasteiger partial charge in [-0.05, 0) is 48.9 Å². The quantitative estimate of drug-likeness (QED) is 0.517. The van der Waals surface area contributed by atoms with Crippen LogP contribution < -0.4 is 15.4 Å². The van der Waals surface area contributed by atoms with Crippen LogP contribution in [0.4, 0.5) is 10.5 Å². The summed E-state index contributed by atoms with van der Waals surface area (Å²) in [5.41, 5.74) is 6.46. The van der Waals surface area contributed by atoms with Crippen LogP contribution in [0.25, 0.3) is 0 Å². The van der Waals surface area contributed by atoms with Gasteiger partial charge in [-0.1, -0.05) is 40.9 Å². The van der Waals surface area contributed by atoms with Crippen molar-refractivity contribution in [2.75, 3.05) is 4.90 Å². The highest BCUT2D eigenvalue weighted by Crippen LogP contribution is 2.33. The number of nitrogens with two attached hydrogens (primary N) is 1. The third-order valence-corrected chi connectivity index (χ3v) is 5.06. The predicted molar refractivity (Wildman–Crippen MR) is 118 cm³/mol. The van der Waals surface area contributed by atoms with Gasteiger partial charge in [-0.2, -0.15) is 5.26 Å². The molecular weight excluding hydrogens is 463 g/mol. The number of amides is 3. The fourth-order valence-electron chi connectivity index (χ4n) is 2.71. The molecule has 0 atom stereocenters. The molecule has 3 aromatic rings. The zero-order valence-electron chi connectivity index (χ0n) is 15.9. The summed E-state index contributed by atoms with van der Waals surface area (Å²) in [5, 5.41) is 9.23. The number of imide groups is 1. The summed E-state index contributed by atoms with van der Waals surface area (Å²) in [7, 11) is 0. The first-order valence-corrected chi connectivity index (χ1v) is 9.78. The van der Waals surface area contributed by atoms with Gasteiger partial charge < -0.3 is 10.5 Å². The Bertz CT molecular complexity index is 1220. The molecule has 0 bridgehead atoms. The number of hydrogen-bond donors (Lipinski definition) is 1. The monoisotopic (exact) mass is 474 g/mol. The molecule has 2 N–H and O–H groups in total. The van der Waals surface area contributed by atoms with Crippen LogP contribution in [0.5, 0.6) is 11.6 Å². The fraction of sp³-hybridized carbons (Fsp3) is 0.0476. The van der Waals surface area contributed by atoms with Gasteiger partial charge >= 0.3 is 6.03 Å². The molecule has 2 aromatic carbocycles. The molecular formula is C21H13Cl3N4O3. The molecule has 0 saturated carbocycles. The number of carbonyl (C=O) groups excluding carboxylic acids is 2. The fourth-order valence-corrected chi connectivity index (χ4v) is 3.48. The molecule has 1 aromatic heterocycles. The van der Waals surface area contributed by atoms with Crippen molar-refractivity contribution in [3.05, 3.63) is 80.4 Å². The van der Waals surface area contributed by atoms with Crippen LogP contribution in [-0.2, 0) is 0 Å². The predicted octanol–water partition coefficient (Wildman–Crippen LogP) is 5.74. The molecule has 0 aliphatic heterocycles. The van der Waals surface area contributed by atoms with Crippen molar-refractivity contribution in [2.45, 2.75) is 6.92 Å². The van der Waals surface area contributed by atoms with E-state index in [0.29, 0.717) is 16.9 Å². The summed E-state index contributed by atoms with van der Waals surface area (Å²) in [6, 6.07) is 11.4. The highest BCUT2D eigenvalue weighted by Gasteiger charge is 2.27. The van der Waals surface area contributed by atoms with Gasteiger partial charge in [0.2, 0.25) is 5.88 Å². The molecule has 0 aliphatic rings. The Morgan fingerprint density at radius 1 is 1.10 bits per heavy atom. The molecule has 0 spiro atoms. The van der Waals surface area contributed by atoms with E-state index < -0.39 is 11.9 Å². The van der Waals surface area contributed by atoms with E-state index in [2.05, 4.69) is 4.98 Å². The molecule has 0 fully saturated rings. The average molecular weight is 476 g/mol. The summed E-state index contributed by atoms with van der Waals surface area (Å²) < 4.78 is 5.70. The average Bonchev–Trinajstić information content (AvgIpc) is 2.71. The van der Waals surface area contributed by atoms with Crippen molar-refractivity contribution < 1.29 is 14.3 Å². The van der Waals surface area contributed by atoms with Gasteiger partial charge in [-0.3, -0.25) is 4.79 Å². The minimum Gasteiger partial charge on any atom is -0.437 e. The van der Waals surface area contributed by atoms with E-state index in [-0.39, 0.29) is 32.2 Å². The van der Waals surface area contributed by atoms with Crippen LogP contribution in [0.15, 0.2) is 48.7 Å². The van der Waals surface area contributed by atoms with E-state index in [1.165, 1.54) is 42.6 Å². The second-order valence-corrected chi connectivity index (χ2v) is 7.47. The molecule has 0 unspecified atom stereocenters. The van der Waals surface area contributed by atoms with E-state index in [9.17, 15) is 9.59 Å². The van der Waals surface area contributed by atoms with Gasteiger partial charge in [-0.25, -0.2) is 14.7 Å². The molecule has 1 heterocycles. The third-order valence-electron chi connectivity index (χ3n) is 4.16. The lowest BCUT2D eigenvalue weighted by molar-refractivity contribution is 0.0995. The summed E-state index contributed by atoms with van der Waals surface area (Å²) in [5.74, 6) is -0.300. The van der Waals surface area contributed by atoms with E-state index in [1.54, 1.807) is 13.0 Å². The van der Waals surface area contributed by atoms with Gasteiger partial charge in [-0.15, -0.1) is 0 Å². The van der Waals surface area contributed by atoms with Crippen LogP contribution >= 0.6 is 34.8 Å². The highest BCUT2D eigenvalue weighted by atomic mass is 35.5. The van der Waals surface area contributed by atoms with Gasteiger partial charge in [0, 0.05) is 6.20 Å². The Hall–Kier alpha value is -3.31. The Morgan fingerprint density at radius 2 is 1.77 bits per heavy atom. The largest absolute Gasteiger partial charge is 0.437 e. The van der Waals surface area contributed by atoms with Crippen LogP contribution in [0, 0.1) is 18.3 Å². The lowest BCUT2D eigenvalue weighted by Gasteiger charge is -2.21. The summed E-state index contributed by atoms with van der Waals surface area (Å²) in [6.45, 7) is 1.70. The summed E-state index contributed by atoms with van der Waals surface area (Å²) >= 11 is 18.3. The Balaban J connectivity index is 1.95. The number of nitriles is 1. The SMILES string of the molecule is Cc1cc(N(C(N)=O)C(=O)c2c(Cl)cccc2Cl)ccc1Oc1ncc(C#N)cc1Cl. The van der Waals surface area contributed by atoms with Crippen molar-refractivity contribution in [1.82, 2.24) is 4.98 Å². The minimum absolute atomic E-state index is 0.0452. The van der Waals surface area contributed by atoms with Crippen LogP contribution in [0.1, 0.15) is 21.5 Å². The number of pyridine rings is 1. The first-order chi connectivity index (χ1) is 14.7. The first kappa shape index (κ1) is 22.4. The van der Waals surface area contributed by atoms with Crippen molar-refractivity contribution in [3.63, 3.8) is 0 Å². The third kappa shape index (κ3) is 4.72. The second-order valence-electron chi connectivity index (χ2n) is 6.25. The molecule has 156 valence electrons. The minimum atomic E-state index is -1.01. The number of aryl methyl sites for hydroxylation is 1. The number of urea groups is 1. The van der Waals surface area contributed by atoms with Crippen LogP contribution in [0.3, 0.4) is 0 Å². The number of primary amides is 1. The number of nitrogens with zero attached hydrogens (tertiary/aromatic N) is 3. The lowest BCUT2D eigenvalue weighted by Crippen LogP contribution is -2.41. The number of benzene rings is 2. The molecule has 0 aliphatic carbocycles. The van der Waals surface area contributed by atoms with Gasteiger partial charge in [0.1, 0.15) is 16.8 Å². The zero-order valence-corrected chi connectivity index (χ0v) is 18.2. The second kappa shape index (κ2) is 9.23. The number of rotatable bonds is 4. The molecule has 31 heavy (non-hydrogen) atoms. The van der Waals surface area contributed by atoms with Gasteiger partial charge in [0.25, 0.3) is 5.91 Å². The number of aromatic nitrogens is 1. The smallest absolute Gasteiger partial charge is 0.326 e.